The molecule has 2 atom stereocenters. The summed E-state index contributed by atoms with van der Waals surface area (Å²) in [5.74, 6) is -1.22. The number of carbonyl (C=O) groups excluding carboxylic acids is 4. The highest BCUT2D eigenvalue weighted by Crippen LogP contribution is 2.43. The van der Waals surface area contributed by atoms with Gasteiger partial charge >= 0.3 is 18.0 Å². The molecule has 280 valence electrons. The van der Waals surface area contributed by atoms with Crippen molar-refractivity contribution in [1.82, 2.24) is 15.1 Å². The monoisotopic (exact) mass is 725 g/mol. The van der Waals surface area contributed by atoms with Crippen LogP contribution in [0.3, 0.4) is 0 Å². The quantitative estimate of drug-likeness (QED) is 0.151. The van der Waals surface area contributed by atoms with Crippen LogP contribution in [0.1, 0.15) is 81.5 Å². The second-order valence-corrected chi connectivity index (χ2v) is 14.4. The molecule has 2 heterocycles. The van der Waals surface area contributed by atoms with Gasteiger partial charge in [0, 0.05) is 17.9 Å². The van der Waals surface area contributed by atoms with E-state index in [4.69, 9.17) is 9.47 Å². The minimum atomic E-state index is -1.16. The second-order valence-electron chi connectivity index (χ2n) is 14.4. The molecule has 3 aliphatic rings. The Balaban J connectivity index is 1.23. The zero-order valence-corrected chi connectivity index (χ0v) is 30.4. The van der Waals surface area contributed by atoms with Crippen LogP contribution < -0.4 is 25.4 Å². The normalized spacial score (nSPS) is 17.4. The molecule has 1 saturated heterocycles. The molecule has 2 aliphatic heterocycles. The van der Waals surface area contributed by atoms with Crippen LogP contribution in [0.2, 0.25) is 0 Å². The van der Waals surface area contributed by atoms with Crippen LogP contribution >= 0.6 is 0 Å². The van der Waals surface area contributed by atoms with Crippen molar-refractivity contribution in [3.63, 3.8) is 0 Å². The third kappa shape index (κ3) is 8.24. The number of anilines is 2. The first kappa shape index (κ1) is 37.2. The van der Waals surface area contributed by atoms with Crippen molar-refractivity contribution >= 4 is 41.2 Å². The lowest BCUT2D eigenvalue weighted by atomic mass is 9.80. The molecule has 0 bridgehead atoms. The molecule has 1 spiro atoms. The molecule has 6 amide bonds. The number of nitrogens with one attached hydrogen (secondary N) is 3. The van der Waals surface area contributed by atoms with Crippen LogP contribution in [0.5, 0.6) is 11.5 Å². The number of carboxylic acid groups (broad SMARTS) is 1. The Morgan fingerprint density at radius 2 is 1.58 bits per heavy atom. The summed E-state index contributed by atoms with van der Waals surface area (Å²) in [6, 6.07) is 16.5. The first-order valence-electron chi connectivity index (χ1n) is 18.2. The number of urea groups is 2. The largest absolute Gasteiger partial charge is 0.486 e. The Hall–Kier alpha value is -5.59. The Bertz CT molecular complexity index is 1860. The van der Waals surface area contributed by atoms with E-state index in [-0.39, 0.29) is 18.9 Å². The second kappa shape index (κ2) is 16.0. The standard InChI is InChI=1S/C40H47N5O8/c1-25(2)21-32(36(48)42-31(23-35(46)47)28-13-16-33-34(22-28)53-20-19-52-33)45-37(49)40(17-7-4-8-18-40)44(39(45)51)24-27-11-14-29(15-12-27)41-38(50)43-30-10-6-5-9-26(30)3/h5-6,9-16,22,25,31-32H,4,7-8,17-21,23-24H2,1-3H3,(H,42,48)(H,46,47)(H2,41,43,50)/t31-,32-/m0/s1. The Morgan fingerprint density at radius 1 is 0.887 bits per heavy atom. The van der Waals surface area contributed by atoms with E-state index in [1.165, 1.54) is 0 Å². The van der Waals surface area contributed by atoms with E-state index >= 15 is 0 Å². The van der Waals surface area contributed by atoms with E-state index in [0.717, 1.165) is 35.3 Å². The van der Waals surface area contributed by atoms with E-state index in [9.17, 15) is 29.1 Å². The van der Waals surface area contributed by atoms with Crippen LogP contribution in [0.25, 0.3) is 0 Å². The van der Waals surface area contributed by atoms with Gasteiger partial charge in [-0.15, -0.1) is 0 Å². The van der Waals surface area contributed by atoms with Crippen molar-refractivity contribution < 1.29 is 38.6 Å². The Kier molecular flexibility index (Phi) is 11.2. The summed E-state index contributed by atoms with van der Waals surface area (Å²) in [4.78, 5) is 70.7. The molecular formula is C40H47N5O8. The number of hydrogen-bond acceptors (Lipinski definition) is 7. The summed E-state index contributed by atoms with van der Waals surface area (Å²) in [6.45, 7) is 6.59. The van der Waals surface area contributed by atoms with E-state index < -0.39 is 53.9 Å². The fourth-order valence-electron chi connectivity index (χ4n) is 7.48. The van der Waals surface area contributed by atoms with Gasteiger partial charge in [-0.25, -0.2) is 14.5 Å². The van der Waals surface area contributed by atoms with Crippen molar-refractivity contribution in [2.75, 3.05) is 23.8 Å². The molecule has 6 rings (SSSR count). The number of benzene rings is 3. The molecular weight excluding hydrogens is 678 g/mol. The molecule has 4 N–H and O–H groups in total. The Morgan fingerprint density at radius 3 is 2.26 bits per heavy atom. The lowest BCUT2D eigenvalue weighted by Crippen LogP contribution is -2.53. The summed E-state index contributed by atoms with van der Waals surface area (Å²) in [5.41, 5.74) is 2.34. The number of para-hydroxylation sites is 1. The number of amides is 6. The van der Waals surface area contributed by atoms with Gasteiger partial charge < -0.3 is 35.4 Å². The molecule has 0 aromatic heterocycles. The highest BCUT2D eigenvalue weighted by atomic mass is 16.6. The number of hydrogen-bond donors (Lipinski definition) is 4. The van der Waals surface area contributed by atoms with E-state index in [2.05, 4.69) is 16.0 Å². The van der Waals surface area contributed by atoms with Gasteiger partial charge in [0.2, 0.25) is 5.91 Å². The van der Waals surface area contributed by atoms with Crippen molar-refractivity contribution in [3.05, 3.63) is 83.4 Å². The van der Waals surface area contributed by atoms with E-state index in [1.54, 1.807) is 35.2 Å². The number of imide groups is 1. The van der Waals surface area contributed by atoms with Crippen LogP contribution in [0.15, 0.2) is 66.7 Å². The maximum absolute atomic E-state index is 14.6. The van der Waals surface area contributed by atoms with Crippen molar-refractivity contribution in [2.45, 2.75) is 89.9 Å². The van der Waals surface area contributed by atoms with E-state index in [0.29, 0.717) is 54.5 Å². The number of carboxylic acids is 1. The van der Waals surface area contributed by atoms with Gasteiger partial charge in [-0.05, 0) is 79.1 Å². The van der Waals surface area contributed by atoms with Crippen molar-refractivity contribution in [1.29, 1.82) is 0 Å². The first-order valence-corrected chi connectivity index (χ1v) is 18.2. The predicted molar refractivity (Wildman–Crippen MR) is 198 cm³/mol. The SMILES string of the molecule is Cc1ccccc1NC(=O)Nc1ccc(CN2C(=O)N([C@@H](CC(C)C)C(=O)N[C@@H](CC(=O)O)c3ccc4c(c3)OCCO4)C(=O)C23CCCCC3)cc1. The summed E-state index contributed by atoms with van der Waals surface area (Å²) in [5, 5.41) is 18.3. The number of aliphatic carboxylic acids is 1. The molecule has 3 aromatic rings. The zero-order chi connectivity index (χ0) is 37.7. The fraction of sp³-hybridized carbons (Fsp3) is 0.425. The first-order chi connectivity index (χ1) is 25.4. The van der Waals surface area contributed by atoms with Gasteiger partial charge in [0.15, 0.2) is 11.5 Å². The molecule has 1 aliphatic carbocycles. The highest BCUT2D eigenvalue weighted by Gasteiger charge is 2.59. The van der Waals surface area contributed by atoms with E-state index in [1.807, 2.05) is 57.2 Å². The van der Waals surface area contributed by atoms with Crippen LogP contribution in [-0.2, 0) is 20.9 Å². The number of aryl methyl sites for hydroxylation is 1. The highest BCUT2D eigenvalue weighted by molar-refractivity contribution is 6.10. The molecule has 1 saturated carbocycles. The van der Waals surface area contributed by atoms with Crippen molar-refractivity contribution in [3.8, 4) is 11.5 Å². The molecule has 0 radical (unpaired) electrons. The number of rotatable bonds is 12. The van der Waals surface area contributed by atoms with Gasteiger partial charge in [-0.1, -0.05) is 69.5 Å². The minimum absolute atomic E-state index is 0.0713. The van der Waals surface area contributed by atoms with Gasteiger partial charge in [0.05, 0.1) is 12.5 Å². The summed E-state index contributed by atoms with van der Waals surface area (Å²) < 4.78 is 11.3. The number of fused-ring (bicyclic) bond motifs is 1. The van der Waals surface area contributed by atoms with Crippen LogP contribution in [-0.4, -0.2) is 69.5 Å². The molecule has 0 unspecified atom stereocenters. The third-order valence-electron chi connectivity index (χ3n) is 10.2. The molecule has 2 fully saturated rings. The lowest BCUT2D eigenvalue weighted by Gasteiger charge is -2.38. The lowest BCUT2D eigenvalue weighted by molar-refractivity contribution is -0.142. The molecule has 53 heavy (non-hydrogen) atoms. The summed E-state index contributed by atoms with van der Waals surface area (Å²) >= 11 is 0. The zero-order valence-electron chi connectivity index (χ0n) is 30.4. The van der Waals surface area contributed by atoms with Crippen molar-refractivity contribution in [2.24, 2.45) is 5.92 Å². The summed E-state index contributed by atoms with van der Waals surface area (Å²) in [6.07, 6.45) is 3.17. The average Bonchev–Trinajstić information content (AvgIpc) is 3.32. The minimum Gasteiger partial charge on any atom is -0.486 e. The van der Waals surface area contributed by atoms with Gasteiger partial charge in [-0.3, -0.25) is 14.4 Å². The van der Waals surface area contributed by atoms with Crippen LogP contribution in [0.4, 0.5) is 21.0 Å². The third-order valence-corrected chi connectivity index (χ3v) is 10.2. The topological polar surface area (TPSA) is 167 Å². The predicted octanol–water partition coefficient (Wildman–Crippen LogP) is 6.62. The Labute approximate surface area is 309 Å². The maximum atomic E-state index is 14.6. The summed E-state index contributed by atoms with van der Waals surface area (Å²) in [7, 11) is 0. The number of nitrogens with zero attached hydrogens (tertiary/aromatic N) is 2. The maximum Gasteiger partial charge on any atom is 0.328 e. The van der Waals surface area contributed by atoms with Crippen LogP contribution in [0, 0.1) is 12.8 Å². The van der Waals surface area contributed by atoms with Gasteiger partial charge in [0.1, 0.15) is 24.8 Å². The number of carbonyl (C=O) groups is 5. The average molecular weight is 726 g/mol. The smallest absolute Gasteiger partial charge is 0.328 e. The van der Waals surface area contributed by atoms with Gasteiger partial charge in [0.25, 0.3) is 5.91 Å². The fourth-order valence-corrected chi connectivity index (χ4v) is 7.48. The van der Waals surface area contributed by atoms with Gasteiger partial charge in [-0.2, -0.15) is 0 Å². The molecule has 13 heteroatoms. The molecule has 3 aromatic carbocycles. The number of ether oxygens (including phenoxy) is 2. The molecule has 13 nitrogen and oxygen atoms in total.